The number of benzene rings is 2. The topological polar surface area (TPSA) is 68.7 Å². The Bertz CT molecular complexity index is 1100. The number of rotatable bonds is 5. The fourth-order valence-electron chi connectivity index (χ4n) is 2.95. The highest BCUT2D eigenvalue weighted by atomic mass is 32.2. The van der Waals surface area contributed by atoms with Crippen molar-refractivity contribution in [3.8, 4) is 11.6 Å². The number of hydrogen-bond donors (Lipinski definition) is 0. The number of pyridine rings is 1. The van der Waals surface area contributed by atoms with Crippen molar-refractivity contribution in [2.75, 3.05) is 20.2 Å². The van der Waals surface area contributed by atoms with E-state index >= 15 is 0 Å². The number of methoxy groups -OCH3 is 1. The molecular formula is C19H17FN2O4S. The van der Waals surface area contributed by atoms with Crippen LogP contribution in [0.3, 0.4) is 0 Å². The molecule has 0 radical (unpaired) electrons. The lowest BCUT2D eigenvalue weighted by molar-refractivity contribution is 0.0723. The average molecular weight is 388 g/mol. The molecule has 8 heteroatoms. The van der Waals surface area contributed by atoms with Crippen LogP contribution in [0.4, 0.5) is 4.39 Å². The highest BCUT2D eigenvalue weighted by Crippen LogP contribution is 2.31. The molecule has 6 nitrogen and oxygen atoms in total. The maximum Gasteiger partial charge on any atom is 0.247 e. The zero-order valence-electron chi connectivity index (χ0n) is 14.5. The van der Waals surface area contributed by atoms with Gasteiger partial charge in [-0.15, -0.1) is 0 Å². The Morgan fingerprint density at radius 3 is 2.67 bits per heavy atom. The molecule has 0 N–H and O–H groups in total. The third-order valence-electron chi connectivity index (χ3n) is 4.42. The Morgan fingerprint density at radius 1 is 1.11 bits per heavy atom. The lowest BCUT2D eigenvalue weighted by Gasteiger charge is -2.37. The smallest absolute Gasteiger partial charge is 0.247 e. The van der Waals surface area contributed by atoms with E-state index < -0.39 is 15.8 Å². The van der Waals surface area contributed by atoms with Gasteiger partial charge in [-0.3, -0.25) is 0 Å². The summed E-state index contributed by atoms with van der Waals surface area (Å²) < 4.78 is 51.0. The minimum atomic E-state index is -3.86. The van der Waals surface area contributed by atoms with Gasteiger partial charge in [0.2, 0.25) is 15.9 Å². The number of hydrogen-bond acceptors (Lipinski definition) is 5. The van der Waals surface area contributed by atoms with Crippen LogP contribution >= 0.6 is 0 Å². The molecule has 27 heavy (non-hydrogen) atoms. The van der Waals surface area contributed by atoms with Crippen molar-refractivity contribution in [3.63, 3.8) is 0 Å². The number of sulfonamides is 1. The Morgan fingerprint density at radius 2 is 1.89 bits per heavy atom. The zero-order chi connectivity index (χ0) is 19.0. The van der Waals surface area contributed by atoms with Gasteiger partial charge in [-0.2, -0.15) is 4.31 Å². The van der Waals surface area contributed by atoms with Crippen molar-refractivity contribution in [1.29, 1.82) is 0 Å². The molecule has 0 spiro atoms. The first-order chi connectivity index (χ1) is 13.0. The molecule has 1 aliphatic heterocycles. The van der Waals surface area contributed by atoms with Crippen molar-refractivity contribution in [2.45, 2.75) is 11.0 Å². The molecule has 0 unspecified atom stereocenters. The normalized spacial score (nSPS) is 15.5. The lowest BCUT2D eigenvalue weighted by Crippen LogP contribution is -2.56. The van der Waals surface area contributed by atoms with Crippen LogP contribution in [0.15, 0.2) is 59.5 Å². The molecule has 0 amide bonds. The Balaban J connectivity index is 1.47. The highest BCUT2D eigenvalue weighted by molar-refractivity contribution is 7.89. The van der Waals surface area contributed by atoms with E-state index in [1.54, 1.807) is 6.07 Å². The van der Waals surface area contributed by atoms with Crippen LogP contribution in [0.2, 0.25) is 0 Å². The van der Waals surface area contributed by atoms with Crippen LogP contribution in [0.25, 0.3) is 10.9 Å². The van der Waals surface area contributed by atoms with Crippen LogP contribution in [-0.2, 0) is 10.0 Å². The Kier molecular flexibility index (Phi) is 4.45. The summed E-state index contributed by atoms with van der Waals surface area (Å²) in [5.41, 5.74) is 0.809. The molecule has 1 aromatic heterocycles. The summed E-state index contributed by atoms with van der Waals surface area (Å²) >= 11 is 0. The SMILES string of the molecule is COc1ccc(F)cc1S(=O)(=O)N1CC(Oc2ccc3ccccc3n2)C1. The van der Waals surface area contributed by atoms with Crippen LogP contribution < -0.4 is 9.47 Å². The van der Waals surface area contributed by atoms with E-state index in [4.69, 9.17) is 9.47 Å². The Labute approximate surface area is 156 Å². The molecule has 0 atom stereocenters. The molecule has 0 aliphatic carbocycles. The minimum Gasteiger partial charge on any atom is -0.495 e. The lowest BCUT2D eigenvalue weighted by atomic mass is 10.2. The van der Waals surface area contributed by atoms with Gasteiger partial charge >= 0.3 is 0 Å². The van der Waals surface area contributed by atoms with Crippen LogP contribution in [0.5, 0.6) is 11.6 Å². The number of aromatic nitrogens is 1. The quantitative estimate of drug-likeness (QED) is 0.672. The largest absolute Gasteiger partial charge is 0.495 e. The van der Waals surface area contributed by atoms with Gasteiger partial charge in [-0.1, -0.05) is 18.2 Å². The average Bonchev–Trinajstić information content (AvgIpc) is 2.64. The maximum atomic E-state index is 13.5. The van der Waals surface area contributed by atoms with Gasteiger partial charge in [0.05, 0.1) is 25.7 Å². The number of para-hydroxylation sites is 1. The summed E-state index contributed by atoms with van der Waals surface area (Å²) in [6.07, 6.45) is -0.312. The van der Waals surface area contributed by atoms with Gasteiger partial charge in [0, 0.05) is 11.5 Å². The molecule has 0 saturated carbocycles. The van der Waals surface area contributed by atoms with Crippen LogP contribution in [0, 0.1) is 5.82 Å². The molecule has 0 bridgehead atoms. The fraction of sp³-hybridized carbons (Fsp3) is 0.211. The monoisotopic (exact) mass is 388 g/mol. The molecule has 1 saturated heterocycles. The maximum absolute atomic E-state index is 13.5. The molecule has 140 valence electrons. The summed E-state index contributed by atoms with van der Waals surface area (Å²) in [6, 6.07) is 14.8. The van der Waals surface area contributed by atoms with Gasteiger partial charge in [0.25, 0.3) is 0 Å². The van der Waals surface area contributed by atoms with E-state index in [9.17, 15) is 12.8 Å². The van der Waals surface area contributed by atoms with Crippen molar-refractivity contribution in [3.05, 3.63) is 60.4 Å². The molecule has 2 aromatic carbocycles. The molecule has 1 aliphatic rings. The predicted molar refractivity (Wildman–Crippen MR) is 97.9 cm³/mol. The van der Waals surface area contributed by atoms with Gasteiger partial charge in [0.1, 0.15) is 22.6 Å². The zero-order valence-corrected chi connectivity index (χ0v) is 15.3. The van der Waals surface area contributed by atoms with Gasteiger partial charge in [-0.05, 0) is 30.3 Å². The van der Waals surface area contributed by atoms with E-state index in [0.717, 1.165) is 23.0 Å². The Hall–Kier alpha value is -2.71. The van der Waals surface area contributed by atoms with E-state index in [2.05, 4.69) is 4.98 Å². The number of halogens is 1. The van der Waals surface area contributed by atoms with Crippen LogP contribution in [0.1, 0.15) is 0 Å². The summed E-state index contributed by atoms with van der Waals surface area (Å²) in [5, 5.41) is 1.00. The first-order valence-corrected chi connectivity index (χ1v) is 9.77. The van der Waals surface area contributed by atoms with Gasteiger partial charge in [-0.25, -0.2) is 17.8 Å². The predicted octanol–water partition coefficient (Wildman–Crippen LogP) is 2.83. The van der Waals surface area contributed by atoms with E-state index in [1.807, 2.05) is 30.3 Å². The fourth-order valence-corrected chi connectivity index (χ4v) is 4.62. The van der Waals surface area contributed by atoms with E-state index in [0.29, 0.717) is 5.88 Å². The minimum absolute atomic E-state index is 0.108. The van der Waals surface area contributed by atoms with Gasteiger partial charge in [0.15, 0.2) is 0 Å². The summed E-state index contributed by atoms with van der Waals surface area (Å²) in [7, 11) is -2.51. The van der Waals surface area contributed by atoms with Gasteiger partial charge < -0.3 is 9.47 Å². The first-order valence-electron chi connectivity index (χ1n) is 8.33. The van der Waals surface area contributed by atoms with Crippen molar-refractivity contribution < 1.29 is 22.3 Å². The second-order valence-corrected chi connectivity index (χ2v) is 8.11. The second kappa shape index (κ2) is 6.79. The standard InChI is InChI=1S/C19H17FN2O4S/c1-25-17-8-7-14(20)10-18(17)27(23,24)22-11-15(12-22)26-19-9-6-13-4-2-3-5-16(13)21-19/h2-10,15H,11-12H2,1H3. The molecule has 2 heterocycles. The highest BCUT2D eigenvalue weighted by Gasteiger charge is 2.39. The van der Waals surface area contributed by atoms with E-state index in [-0.39, 0.29) is 29.8 Å². The number of ether oxygens (including phenoxy) is 2. The molecule has 3 aromatic rings. The summed E-state index contributed by atoms with van der Waals surface area (Å²) in [5.74, 6) is -0.0842. The second-order valence-electron chi connectivity index (χ2n) is 6.20. The molecule has 4 rings (SSSR count). The van der Waals surface area contributed by atoms with Crippen LogP contribution in [-0.4, -0.2) is 44.0 Å². The first kappa shape index (κ1) is 17.7. The van der Waals surface area contributed by atoms with Crippen molar-refractivity contribution in [2.24, 2.45) is 0 Å². The molecular weight excluding hydrogens is 371 g/mol. The van der Waals surface area contributed by atoms with Crippen molar-refractivity contribution in [1.82, 2.24) is 9.29 Å². The number of nitrogens with zero attached hydrogens (tertiary/aromatic N) is 2. The van der Waals surface area contributed by atoms with Crippen molar-refractivity contribution >= 4 is 20.9 Å². The summed E-state index contributed by atoms with van der Waals surface area (Å²) in [4.78, 5) is 4.23. The van der Waals surface area contributed by atoms with E-state index in [1.165, 1.54) is 17.5 Å². The summed E-state index contributed by atoms with van der Waals surface area (Å²) in [6.45, 7) is 0.326. The number of fused-ring (bicyclic) bond motifs is 1. The third kappa shape index (κ3) is 3.33. The third-order valence-corrected chi connectivity index (χ3v) is 6.27. The molecule has 1 fully saturated rings.